The Morgan fingerprint density at radius 2 is 1.91 bits per heavy atom. The molecule has 0 radical (unpaired) electrons. The Morgan fingerprint density at radius 1 is 1.17 bits per heavy atom. The van der Waals surface area contributed by atoms with Gasteiger partial charge in [-0.25, -0.2) is 4.98 Å². The maximum Gasteiger partial charge on any atom is 0.254 e. The summed E-state index contributed by atoms with van der Waals surface area (Å²) in [6.07, 6.45) is 2.59. The Balaban J connectivity index is 1.96. The van der Waals surface area contributed by atoms with E-state index in [4.69, 9.17) is 0 Å². The maximum atomic E-state index is 4.39. The van der Waals surface area contributed by atoms with Crippen molar-refractivity contribution in [3.05, 3.63) is 53.5 Å². The van der Waals surface area contributed by atoms with Crippen LogP contribution in [0.3, 0.4) is 0 Å². The van der Waals surface area contributed by atoms with Crippen LogP contribution in [0.2, 0.25) is 0 Å². The third-order valence-electron chi connectivity index (χ3n) is 4.10. The molecule has 1 atom stereocenters. The van der Waals surface area contributed by atoms with Crippen LogP contribution in [-0.2, 0) is 6.42 Å². The van der Waals surface area contributed by atoms with E-state index in [1.807, 2.05) is 13.0 Å². The molecule has 0 saturated heterocycles. The first-order chi connectivity index (χ1) is 11.1. The molecule has 0 amide bonds. The summed E-state index contributed by atoms with van der Waals surface area (Å²) in [5, 5.41) is 7.90. The van der Waals surface area contributed by atoms with Gasteiger partial charge in [-0.2, -0.15) is 14.6 Å². The van der Waals surface area contributed by atoms with Gasteiger partial charge in [0.25, 0.3) is 5.78 Å². The standard InChI is InChI=1S/C18H23N5/c1-5-14-6-8-15(9-7-14)17(12(2)3)22-16-10-13(4)21-18-19-11-20-23(16)18/h6-12,17,22H,5H2,1-4H3. The maximum absolute atomic E-state index is 4.39. The number of hydrogen-bond donors (Lipinski definition) is 1. The van der Waals surface area contributed by atoms with Gasteiger partial charge in [-0.1, -0.05) is 45.0 Å². The molecule has 0 aliphatic carbocycles. The third kappa shape index (κ3) is 3.18. The average molecular weight is 309 g/mol. The van der Waals surface area contributed by atoms with Gasteiger partial charge in [-0.15, -0.1) is 0 Å². The summed E-state index contributed by atoms with van der Waals surface area (Å²) in [7, 11) is 0. The highest BCUT2D eigenvalue weighted by molar-refractivity contribution is 5.47. The molecule has 0 aliphatic rings. The molecular weight excluding hydrogens is 286 g/mol. The van der Waals surface area contributed by atoms with E-state index in [-0.39, 0.29) is 6.04 Å². The van der Waals surface area contributed by atoms with Gasteiger partial charge in [0.15, 0.2) is 0 Å². The van der Waals surface area contributed by atoms with Crippen LogP contribution in [-0.4, -0.2) is 19.6 Å². The predicted molar refractivity (Wildman–Crippen MR) is 92.5 cm³/mol. The van der Waals surface area contributed by atoms with Gasteiger partial charge in [0, 0.05) is 11.8 Å². The van der Waals surface area contributed by atoms with Crippen molar-refractivity contribution in [1.82, 2.24) is 19.6 Å². The number of fused-ring (bicyclic) bond motifs is 1. The van der Waals surface area contributed by atoms with Crippen LogP contribution < -0.4 is 5.32 Å². The minimum absolute atomic E-state index is 0.204. The van der Waals surface area contributed by atoms with Crippen LogP contribution >= 0.6 is 0 Å². The van der Waals surface area contributed by atoms with Gasteiger partial charge < -0.3 is 5.32 Å². The zero-order chi connectivity index (χ0) is 16.4. The molecule has 0 fully saturated rings. The molecule has 1 N–H and O–H groups in total. The van der Waals surface area contributed by atoms with E-state index in [0.29, 0.717) is 11.7 Å². The second-order valence-corrected chi connectivity index (χ2v) is 6.22. The third-order valence-corrected chi connectivity index (χ3v) is 4.10. The number of nitrogens with one attached hydrogen (secondary N) is 1. The first-order valence-electron chi connectivity index (χ1n) is 8.11. The summed E-state index contributed by atoms with van der Waals surface area (Å²) >= 11 is 0. The normalized spacial score (nSPS) is 12.7. The summed E-state index contributed by atoms with van der Waals surface area (Å²) in [5.41, 5.74) is 3.56. The van der Waals surface area contributed by atoms with Crippen molar-refractivity contribution in [3.8, 4) is 0 Å². The summed E-state index contributed by atoms with van der Waals surface area (Å²) < 4.78 is 1.75. The van der Waals surface area contributed by atoms with E-state index in [2.05, 4.69) is 65.4 Å². The van der Waals surface area contributed by atoms with Gasteiger partial charge >= 0.3 is 0 Å². The van der Waals surface area contributed by atoms with E-state index in [1.54, 1.807) is 4.52 Å². The highest BCUT2D eigenvalue weighted by Crippen LogP contribution is 2.27. The molecule has 1 aromatic carbocycles. The number of benzene rings is 1. The van der Waals surface area contributed by atoms with Gasteiger partial charge in [-0.05, 0) is 30.4 Å². The van der Waals surface area contributed by atoms with E-state index >= 15 is 0 Å². The molecule has 3 rings (SSSR count). The lowest BCUT2D eigenvalue weighted by molar-refractivity contribution is 0.542. The van der Waals surface area contributed by atoms with Gasteiger partial charge in [0.1, 0.15) is 12.1 Å². The van der Waals surface area contributed by atoms with Crippen molar-refractivity contribution >= 4 is 11.6 Å². The number of hydrogen-bond acceptors (Lipinski definition) is 4. The molecule has 5 nitrogen and oxygen atoms in total. The molecule has 23 heavy (non-hydrogen) atoms. The van der Waals surface area contributed by atoms with Gasteiger partial charge in [0.2, 0.25) is 0 Å². The number of aromatic nitrogens is 4. The largest absolute Gasteiger partial charge is 0.363 e. The molecular formula is C18H23N5. The van der Waals surface area contributed by atoms with Crippen molar-refractivity contribution in [1.29, 1.82) is 0 Å². The van der Waals surface area contributed by atoms with Crippen LogP contribution in [0.1, 0.15) is 43.6 Å². The molecule has 0 spiro atoms. The first-order valence-corrected chi connectivity index (χ1v) is 8.11. The van der Waals surface area contributed by atoms with E-state index < -0.39 is 0 Å². The van der Waals surface area contributed by atoms with Crippen molar-refractivity contribution in [2.45, 2.75) is 40.2 Å². The first kappa shape index (κ1) is 15.5. The molecule has 2 aromatic heterocycles. The number of nitrogens with zero attached hydrogens (tertiary/aromatic N) is 4. The molecule has 120 valence electrons. The zero-order valence-corrected chi connectivity index (χ0v) is 14.1. The Kier molecular flexibility index (Phi) is 4.28. The topological polar surface area (TPSA) is 55.1 Å². The molecule has 1 unspecified atom stereocenters. The van der Waals surface area contributed by atoms with Crippen molar-refractivity contribution in [3.63, 3.8) is 0 Å². The Bertz CT molecular complexity index is 789. The predicted octanol–water partition coefficient (Wildman–Crippen LogP) is 3.80. The second-order valence-electron chi connectivity index (χ2n) is 6.22. The molecule has 0 aliphatic heterocycles. The quantitative estimate of drug-likeness (QED) is 0.779. The Hall–Kier alpha value is -2.43. The fourth-order valence-electron chi connectivity index (χ4n) is 2.79. The molecule has 2 heterocycles. The van der Waals surface area contributed by atoms with Crippen LogP contribution in [0.25, 0.3) is 5.78 Å². The zero-order valence-electron chi connectivity index (χ0n) is 14.1. The molecule has 0 bridgehead atoms. The lowest BCUT2D eigenvalue weighted by Gasteiger charge is -2.24. The molecule has 5 heteroatoms. The summed E-state index contributed by atoms with van der Waals surface area (Å²) in [6.45, 7) is 8.59. The highest BCUT2D eigenvalue weighted by atomic mass is 15.4. The fraction of sp³-hybridized carbons (Fsp3) is 0.389. The lowest BCUT2D eigenvalue weighted by atomic mass is 9.95. The summed E-state index contributed by atoms with van der Waals surface area (Å²) in [4.78, 5) is 8.58. The number of aryl methyl sites for hydroxylation is 2. The van der Waals surface area contributed by atoms with Crippen molar-refractivity contribution in [2.75, 3.05) is 5.32 Å². The summed E-state index contributed by atoms with van der Waals surface area (Å²) in [6, 6.07) is 11.0. The van der Waals surface area contributed by atoms with E-state index in [9.17, 15) is 0 Å². The second kappa shape index (κ2) is 6.36. The van der Waals surface area contributed by atoms with Crippen molar-refractivity contribution in [2.24, 2.45) is 5.92 Å². The van der Waals surface area contributed by atoms with Crippen molar-refractivity contribution < 1.29 is 0 Å². The van der Waals surface area contributed by atoms with Crippen LogP contribution in [0.4, 0.5) is 5.82 Å². The minimum atomic E-state index is 0.204. The van der Waals surface area contributed by atoms with Crippen LogP contribution in [0.15, 0.2) is 36.7 Å². The Morgan fingerprint density at radius 3 is 2.57 bits per heavy atom. The van der Waals surface area contributed by atoms with Crippen LogP contribution in [0, 0.1) is 12.8 Å². The van der Waals surface area contributed by atoms with E-state index in [1.165, 1.54) is 17.5 Å². The molecule has 3 aromatic rings. The summed E-state index contributed by atoms with van der Waals surface area (Å²) in [5.74, 6) is 1.98. The van der Waals surface area contributed by atoms with Gasteiger partial charge in [0.05, 0.1) is 6.04 Å². The average Bonchev–Trinajstić information content (AvgIpc) is 3.00. The minimum Gasteiger partial charge on any atom is -0.363 e. The highest BCUT2D eigenvalue weighted by Gasteiger charge is 2.18. The fourth-order valence-corrected chi connectivity index (χ4v) is 2.79. The number of rotatable bonds is 5. The van der Waals surface area contributed by atoms with Gasteiger partial charge in [-0.3, -0.25) is 0 Å². The Labute approximate surface area is 136 Å². The molecule has 0 saturated carbocycles. The smallest absolute Gasteiger partial charge is 0.254 e. The SMILES string of the molecule is CCc1ccc(C(Nc2cc(C)nc3ncnn23)C(C)C)cc1. The lowest BCUT2D eigenvalue weighted by Crippen LogP contribution is -2.19. The number of anilines is 1. The van der Waals surface area contributed by atoms with E-state index in [0.717, 1.165) is 17.9 Å². The monoisotopic (exact) mass is 309 g/mol. The van der Waals surface area contributed by atoms with Crippen LogP contribution in [0.5, 0.6) is 0 Å².